The minimum atomic E-state index is -2.34. The van der Waals surface area contributed by atoms with Crippen LogP contribution >= 0.6 is 12.1 Å². The first kappa shape index (κ1) is 25.8. The standard InChI is InChI=1S/C32H29NP2S2/c1-33(2)26-23-31(34(36,27-15-7-3-8-16-27)28-17-9-4-10-18-28)25-32(24-26)35(37,29-19-11-5-12-20-29)30-21-13-6-14-22-30/h3-25H,1-2H3. The van der Waals surface area contributed by atoms with Crippen LogP contribution in [0.15, 0.2) is 140 Å². The van der Waals surface area contributed by atoms with Gasteiger partial charge in [0.1, 0.15) is 0 Å². The van der Waals surface area contributed by atoms with Gasteiger partial charge < -0.3 is 4.90 Å². The molecule has 0 fully saturated rings. The third-order valence-corrected chi connectivity index (χ3v) is 16.5. The number of anilines is 1. The van der Waals surface area contributed by atoms with E-state index in [4.69, 9.17) is 23.6 Å². The zero-order chi connectivity index (χ0) is 25.9. The van der Waals surface area contributed by atoms with Gasteiger partial charge in [0.2, 0.25) is 0 Å². The van der Waals surface area contributed by atoms with Crippen LogP contribution in [0.2, 0.25) is 0 Å². The molecule has 37 heavy (non-hydrogen) atoms. The number of hydrogen-bond donors (Lipinski definition) is 0. The van der Waals surface area contributed by atoms with Crippen LogP contribution in [0.25, 0.3) is 0 Å². The van der Waals surface area contributed by atoms with Gasteiger partial charge in [-0.15, -0.1) is 0 Å². The Hall–Kier alpha value is -2.80. The summed E-state index contributed by atoms with van der Waals surface area (Å²) in [5.41, 5.74) is 1.12. The molecule has 1 nitrogen and oxygen atoms in total. The van der Waals surface area contributed by atoms with Gasteiger partial charge in [-0.05, 0) is 50.0 Å². The number of rotatable bonds is 7. The molecule has 0 aromatic heterocycles. The molecule has 0 saturated carbocycles. The highest BCUT2D eigenvalue weighted by Crippen LogP contribution is 2.47. The van der Waals surface area contributed by atoms with E-state index in [1.807, 2.05) is 0 Å². The van der Waals surface area contributed by atoms with Gasteiger partial charge in [0.05, 0.1) is 0 Å². The van der Waals surface area contributed by atoms with Gasteiger partial charge in [-0.25, -0.2) is 0 Å². The molecule has 184 valence electrons. The molecule has 0 amide bonds. The summed E-state index contributed by atoms with van der Waals surface area (Å²) >= 11 is 13.5. The van der Waals surface area contributed by atoms with Gasteiger partial charge in [-0.3, -0.25) is 0 Å². The fraction of sp³-hybridized carbons (Fsp3) is 0.0625. The average molecular weight is 554 g/mol. The molecule has 0 radical (unpaired) electrons. The molecule has 0 atom stereocenters. The Morgan fingerprint density at radius 1 is 0.405 bits per heavy atom. The molecule has 0 heterocycles. The Balaban J connectivity index is 1.85. The predicted octanol–water partition coefficient (Wildman–Crippen LogP) is 5.26. The summed E-state index contributed by atoms with van der Waals surface area (Å²) in [6, 6.07) is 44.6. The first-order valence-electron chi connectivity index (χ1n) is 12.2. The first-order chi connectivity index (χ1) is 17.9. The van der Waals surface area contributed by atoms with Crippen LogP contribution < -0.4 is 36.7 Å². The lowest BCUT2D eigenvalue weighted by Gasteiger charge is -2.30. The molecular weight excluding hydrogens is 524 g/mol. The SMILES string of the molecule is CN(C)c1cc(P(=S)(c2ccccc2)c2ccccc2)cc(P(=S)(c2ccccc2)c2ccccc2)c1. The summed E-state index contributed by atoms with van der Waals surface area (Å²) in [6.07, 6.45) is 0. The molecule has 5 rings (SSSR count). The van der Waals surface area contributed by atoms with E-state index in [-0.39, 0.29) is 0 Å². The maximum Gasteiger partial charge on any atom is 0.0380 e. The lowest BCUT2D eigenvalue weighted by atomic mass is 10.3. The van der Waals surface area contributed by atoms with E-state index in [1.54, 1.807) is 0 Å². The highest BCUT2D eigenvalue weighted by atomic mass is 32.4. The smallest absolute Gasteiger partial charge is 0.0380 e. The third-order valence-electron chi connectivity index (χ3n) is 6.61. The van der Waals surface area contributed by atoms with Crippen molar-refractivity contribution in [2.75, 3.05) is 19.0 Å². The van der Waals surface area contributed by atoms with E-state index in [0.29, 0.717) is 0 Å². The van der Waals surface area contributed by atoms with Crippen LogP contribution in [0.3, 0.4) is 0 Å². The zero-order valence-corrected chi connectivity index (χ0v) is 24.4. The summed E-state index contributed by atoms with van der Waals surface area (Å²) in [5, 5.41) is 7.08. The highest BCUT2D eigenvalue weighted by Gasteiger charge is 2.30. The third kappa shape index (κ3) is 4.90. The van der Waals surface area contributed by atoms with E-state index >= 15 is 0 Å². The predicted molar refractivity (Wildman–Crippen MR) is 173 cm³/mol. The number of benzene rings is 5. The summed E-state index contributed by atoms with van der Waals surface area (Å²) < 4.78 is 0. The van der Waals surface area contributed by atoms with Crippen molar-refractivity contribution < 1.29 is 0 Å². The second-order valence-corrected chi connectivity index (χ2v) is 18.0. The topological polar surface area (TPSA) is 3.24 Å². The Kier molecular flexibility index (Phi) is 7.61. The maximum atomic E-state index is 6.73. The Morgan fingerprint density at radius 2 is 0.676 bits per heavy atom. The van der Waals surface area contributed by atoms with Crippen LogP contribution in [0.4, 0.5) is 5.69 Å². The van der Waals surface area contributed by atoms with Gasteiger partial charge in [-0.2, -0.15) is 0 Å². The zero-order valence-electron chi connectivity index (χ0n) is 20.9. The van der Waals surface area contributed by atoms with Gasteiger partial charge in [0, 0.05) is 31.9 Å². The molecule has 0 bridgehead atoms. The second kappa shape index (κ2) is 10.9. The molecule has 5 aromatic rings. The lowest BCUT2D eigenvalue weighted by Crippen LogP contribution is -2.31. The fourth-order valence-corrected chi connectivity index (χ4v) is 12.3. The molecule has 0 aliphatic rings. The van der Waals surface area contributed by atoms with Gasteiger partial charge >= 0.3 is 0 Å². The van der Waals surface area contributed by atoms with Crippen LogP contribution in [0.5, 0.6) is 0 Å². The van der Waals surface area contributed by atoms with Crippen LogP contribution in [0, 0.1) is 0 Å². The Labute approximate surface area is 230 Å². The van der Waals surface area contributed by atoms with E-state index in [1.165, 1.54) is 31.8 Å². The molecule has 0 saturated heterocycles. The van der Waals surface area contributed by atoms with Crippen molar-refractivity contribution in [2.45, 2.75) is 0 Å². The van der Waals surface area contributed by atoms with Crippen molar-refractivity contribution in [2.24, 2.45) is 0 Å². The van der Waals surface area contributed by atoms with E-state index in [2.05, 4.69) is 159 Å². The maximum absolute atomic E-state index is 6.73. The van der Waals surface area contributed by atoms with Crippen LogP contribution in [-0.4, -0.2) is 14.1 Å². The van der Waals surface area contributed by atoms with Crippen molar-refractivity contribution in [3.63, 3.8) is 0 Å². The van der Waals surface area contributed by atoms with Gasteiger partial charge in [-0.1, -0.05) is 145 Å². The Bertz CT molecular complexity index is 1380. The molecule has 0 aliphatic heterocycles. The molecule has 0 aliphatic carbocycles. The molecular formula is C32H29NP2S2. The monoisotopic (exact) mass is 553 g/mol. The largest absolute Gasteiger partial charge is 0.378 e. The van der Waals surface area contributed by atoms with E-state index < -0.39 is 12.1 Å². The van der Waals surface area contributed by atoms with Crippen molar-refractivity contribution in [3.05, 3.63) is 140 Å². The molecule has 0 spiro atoms. The summed E-state index contributed by atoms with van der Waals surface area (Å²) in [6.45, 7) is 0. The normalized spacial score (nSPS) is 11.7. The molecule has 0 N–H and O–H groups in total. The Morgan fingerprint density at radius 3 is 0.919 bits per heavy atom. The lowest BCUT2D eigenvalue weighted by molar-refractivity contribution is 1.14. The molecule has 0 unspecified atom stereocenters. The summed E-state index contributed by atoms with van der Waals surface area (Å²) in [4.78, 5) is 2.16. The highest BCUT2D eigenvalue weighted by molar-refractivity contribution is 8.26. The number of nitrogens with zero attached hydrogens (tertiary/aromatic N) is 1. The van der Waals surface area contributed by atoms with Crippen molar-refractivity contribution >= 4 is 73.2 Å². The van der Waals surface area contributed by atoms with E-state index in [9.17, 15) is 0 Å². The van der Waals surface area contributed by atoms with Crippen molar-refractivity contribution in [1.82, 2.24) is 0 Å². The average Bonchev–Trinajstić information content (AvgIpc) is 2.98. The van der Waals surface area contributed by atoms with E-state index in [0.717, 1.165) is 5.69 Å². The summed E-state index contributed by atoms with van der Waals surface area (Å²) in [5.74, 6) is 0. The molecule has 5 aromatic carbocycles. The van der Waals surface area contributed by atoms with Gasteiger partial charge in [0.15, 0.2) is 0 Å². The van der Waals surface area contributed by atoms with Crippen molar-refractivity contribution in [3.8, 4) is 0 Å². The number of hydrogen-bond acceptors (Lipinski definition) is 3. The quantitative estimate of drug-likeness (QED) is 0.253. The van der Waals surface area contributed by atoms with Gasteiger partial charge in [0.25, 0.3) is 0 Å². The van der Waals surface area contributed by atoms with Crippen molar-refractivity contribution in [1.29, 1.82) is 0 Å². The van der Waals surface area contributed by atoms with Crippen LogP contribution in [-0.2, 0) is 23.6 Å². The second-order valence-electron chi connectivity index (χ2n) is 9.16. The minimum absolute atomic E-state index is 1.12. The molecule has 5 heteroatoms. The summed E-state index contributed by atoms with van der Waals surface area (Å²) in [7, 11) is 4.18. The first-order valence-corrected chi connectivity index (χ1v) is 17.8. The fourth-order valence-electron chi connectivity index (χ4n) is 4.65. The van der Waals surface area contributed by atoms with Crippen LogP contribution in [0.1, 0.15) is 0 Å². The minimum Gasteiger partial charge on any atom is -0.378 e.